The Morgan fingerprint density at radius 3 is 2.45 bits per heavy atom. The predicted molar refractivity (Wildman–Crippen MR) is 94.1 cm³/mol. The lowest BCUT2D eigenvalue weighted by Crippen LogP contribution is -2.16. The third kappa shape index (κ3) is 3.84. The summed E-state index contributed by atoms with van der Waals surface area (Å²) < 4.78 is 0.977. The summed E-state index contributed by atoms with van der Waals surface area (Å²) in [6, 6.07) is 7.58. The Hall–Kier alpha value is -1.92. The van der Waals surface area contributed by atoms with Gasteiger partial charge in [-0.25, -0.2) is 0 Å². The van der Waals surface area contributed by atoms with E-state index in [0.717, 1.165) is 20.5 Å². The fraction of sp³-hybridized carbons (Fsp3) is 0.125. The zero-order valence-electron chi connectivity index (χ0n) is 12.1. The first-order valence-electron chi connectivity index (χ1n) is 6.53. The number of hydrogen-bond donors (Lipinski definition) is 2. The number of primary amides is 1. The van der Waals surface area contributed by atoms with Crippen molar-refractivity contribution in [1.82, 2.24) is 0 Å². The second-order valence-electron chi connectivity index (χ2n) is 4.73. The van der Waals surface area contributed by atoms with Crippen LogP contribution in [-0.2, 0) is 4.79 Å². The van der Waals surface area contributed by atoms with Crippen molar-refractivity contribution in [2.45, 2.75) is 13.8 Å². The number of halogens is 1. The van der Waals surface area contributed by atoms with Gasteiger partial charge in [0.2, 0.25) is 5.91 Å². The first-order valence-corrected chi connectivity index (χ1v) is 8.14. The Bertz CT molecular complexity index is 748. The van der Waals surface area contributed by atoms with Crippen LogP contribution in [0.2, 0.25) is 0 Å². The van der Waals surface area contributed by atoms with Crippen LogP contribution in [0.1, 0.15) is 26.4 Å². The second-order valence-corrected chi connectivity index (χ2v) is 6.87. The van der Waals surface area contributed by atoms with E-state index in [-0.39, 0.29) is 5.91 Å². The highest BCUT2D eigenvalue weighted by Crippen LogP contribution is 2.32. The van der Waals surface area contributed by atoms with E-state index in [0.29, 0.717) is 10.6 Å². The molecule has 0 saturated carbocycles. The first-order chi connectivity index (χ1) is 10.4. The number of nitrogens with two attached hydrogens (primary N) is 1. The molecule has 1 aromatic heterocycles. The fourth-order valence-electron chi connectivity index (χ4n) is 1.91. The molecule has 1 heterocycles. The Kier molecular flexibility index (Phi) is 5.15. The molecule has 2 amide bonds. The third-order valence-electron chi connectivity index (χ3n) is 3.17. The first kappa shape index (κ1) is 16.5. The molecule has 0 spiro atoms. The predicted octanol–water partition coefficient (Wildman–Crippen LogP) is 3.88. The van der Waals surface area contributed by atoms with Gasteiger partial charge in [0.25, 0.3) is 5.91 Å². The van der Waals surface area contributed by atoms with E-state index < -0.39 is 5.91 Å². The molecule has 2 rings (SSSR count). The van der Waals surface area contributed by atoms with Crippen molar-refractivity contribution in [2.75, 3.05) is 5.32 Å². The molecule has 0 radical (unpaired) electrons. The summed E-state index contributed by atoms with van der Waals surface area (Å²) in [5, 5.41) is 3.21. The standard InChI is InChI=1S/C16H15BrN2O2S/c1-9-10(2)22-16(14(9)15(18)21)19-13(20)8-5-11-3-6-12(17)7-4-11/h3-8H,1-2H3,(H2,18,21)(H,19,20). The van der Waals surface area contributed by atoms with Gasteiger partial charge in [-0.3, -0.25) is 9.59 Å². The van der Waals surface area contributed by atoms with Crippen molar-refractivity contribution in [3.63, 3.8) is 0 Å². The molecule has 3 N–H and O–H groups in total. The maximum atomic E-state index is 12.0. The molecular weight excluding hydrogens is 364 g/mol. The van der Waals surface area contributed by atoms with Crippen LogP contribution in [0.25, 0.3) is 6.08 Å². The monoisotopic (exact) mass is 378 g/mol. The quantitative estimate of drug-likeness (QED) is 0.792. The number of thiophene rings is 1. The Balaban J connectivity index is 2.14. The number of nitrogens with one attached hydrogen (secondary N) is 1. The van der Waals surface area contributed by atoms with Crippen molar-refractivity contribution in [3.8, 4) is 0 Å². The average Bonchev–Trinajstić information content (AvgIpc) is 2.73. The van der Waals surface area contributed by atoms with Gasteiger partial charge in [0.1, 0.15) is 5.00 Å². The van der Waals surface area contributed by atoms with E-state index >= 15 is 0 Å². The van der Waals surface area contributed by atoms with Gasteiger partial charge in [0, 0.05) is 15.4 Å². The summed E-state index contributed by atoms with van der Waals surface area (Å²) in [5.74, 6) is -0.833. The van der Waals surface area contributed by atoms with Gasteiger partial charge in [-0.15, -0.1) is 11.3 Å². The molecule has 0 aliphatic carbocycles. The number of rotatable bonds is 4. The van der Waals surface area contributed by atoms with Gasteiger partial charge in [-0.05, 0) is 43.2 Å². The molecule has 2 aromatic rings. The highest BCUT2D eigenvalue weighted by molar-refractivity contribution is 9.10. The van der Waals surface area contributed by atoms with E-state index in [1.54, 1.807) is 6.08 Å². The molecule has 0 saturated heterocycles. The van der Waals surface area contributed by atoms with Crippen molar-refractivity contribution in [2.24, 2.45) is 5.73 Å². The molecule has 1 aromatic carbocycles. The maximum absolute atomic E-state index is 12.0. The second kappa shape index (κ2) is 6.89. The molecule has 0 aliphatic heterocycles. The minimum Gasteiger partial charge on any atom is -0.365 e. The van der Waals surface area contributed by atoms with Crippen molar-refractivity contribution < 1.29 is 9.59 Å². The van der Waals surface area contributed by atoms with Crippen LogP contribution in [-0.4, -0.2) is 11.8 Å². The normalized spacial score (nSPS) is 10.9. The van der Waals surface area contributed by atoms with Crippen LogP contribution in [0, 0.1) is 13.8 Å². The third-order valence-corrected chi connectivity index (χ3v) is 4.82. The molecule has 114 valence electrons. The largest absolute Gasteiger partial charge is 0.365 e. The lowest BCUT2D eigenvalue weighted by Gasteiger charge is -2.02. The summed E-state index contributed by atoms with van der Waals surface area (Å²) in [6.45, 7) is 3.71. The van der Waals surface area contributed by atoms with Gasteiger partial charge >= 0.3 is 0 Å². The van der Waals surface area contributed by atoms with E-state index in [2.05, 4.69) is 21.2 Å². The Morgan fingerprint density at radius 1 is 1.23 bits per heavy atom. The van der Waals surface area contributed by atoms with E-state index in [4.69, 9.17) is 5.73 Å². The molecule has 0 fully saturated rings. The van der Waals surface area contributed by atoms with Gasteiger partial charge < -0.3 is 11.1 Å². The van der Waals surface area contributed by atoms with Crippen LogP contribution in [0.15, 0.2) is 34.8 Å². The summed E-state index contributed by atoms with van der Waals surface area (Å²) in [7, 11) is 0. The molecule has 0 aliphatic rings. The molecule has 4 nitrogen and oxygen atoms in total. The molecule has 22 heavy (non-hydrogen) atoms. The van der Waals surface area contributed by atoms with Gasteiger partial charge in [-0.1, -0.05) is 28.1 Å². The summed E-state index contributed by atoms with van der Waals surface area (Å²) in [5.41, 5.74) is 7.48. The SMILES string of the molecule is Cc1sc(NC(=O)C=Cc2ccc(Br)cc2)c(C(N)=O)c1C. The minimum absolute atomic E-state index is 0.299. The van der Waals surface area contributed by atoms with Crippen LogP contribution in [0.3, 0.4) is 0 Å². The molecule has 0 bridgehead atoms. The van der Waals surface area contributed by atoms with Crippen molar-refractivity contribution in [3.05, 3.63) is 56.4 Å². The maximum Gasteiger partial charge on any atom is 0.251 e. The topological polar surface area (TPSA) is 72.2 Å². The van der Waals surface area contributed by atoms with Crippen LogP contribution in [0.5, 0.6) is 0 Å². The van der Waals surface area contributed by atoms with Gasteiger partial charge in [0.05, 0.1) is 5.56 Å². The molecule has 6 heteroatoms. The zero-order valence-corrected chi connectivity index (χ0v) is 14.5. The average molecular weight is 379 g/mol. The van der Waals surface area contributed by atoms with Gasteiger partial charge in [0.15, 0.2) is 0 Å². The molecule has 0 atom stereocenters. The number of hydrogen-bond acceptors (Lipinski definition) is 3. The van der Waals surface area contributed by atoms with Crippen LogP contribution in [0.4, 0.5) is 5.00 Å². The highest BCUT2D eigenvalue weighted by Gasteiger charge is 2.18. The Morgan fingerprint density at radius 2 is 1.86 bits per heavy atom. The number of anilines is 1. The lowest BCUT2D eigenvalue weighted by atomic mass is 10.1. The number of benzene rings is 1. The van der Waals surface area contributed by atoms with Gasteiger partial charge in [-0.2, -0.15) is 0 Å². The summed E-state index contributed by atoms with van der Waals surface area (Å²) in [6.07, 6.45) is 3.14. The minimum atomic E-state index is -0.533. The van der Waals surface area contributed by atoms with Crippen molar-refractivity contribution >= 4 is 50.2 Å². The summed E-state index contributed by atoms with van der Waals surface area (Å²) in [4.78, 5) is 24.5. The van der Waals surface area contributed by atoms with Crippen LogP contribution >= 0.6 is 27.3 Å². The molecular formula is C16H15BrN2O2S. The number of aryl methyl sites for hydroxylation is 1. The summed E-state index contributed by atoms with van der Waals surface area (Å²) >= 11 is 4.70. The smallest absolute Gasteiger partial charge is 0.251 e. The molecule has 0 unspecified atom stereocenters. The lowest BCUT2D eigenvalue weighted by molar-refractivity contribution is -0.111. The number of carbonyl (C=O) groups is 2. The number of amides is 2. The van der Waals surface area contributed by atoms with E-state index in [1.807, 2.05) is 38.1 Å². The number of carbonyl (C=O) groups excluding carboxylic acids is 2. The van der Waals surface area contributed by atoms with E-state index in [1.165, 1.54) is 17.4 Å². The highest BCUT2D eigenvalue weighted by atomic mass is 79.9. The van der Waals surface area contributed by atoms with E-state index in [9.17, 15) is 9.59 Å². The Labute approximate surface area is 141 Å². The van der Waals surface area contributed by atoms with Crippen molar-refractivity contribution in [1.29, 1.82) is 0 Å². The zero-order chi connectivity index (χ0) is 16.3. The fourth-order valence-corrected chi connectivity index (χ4v) is 3.24. The van der Waals surface area contributed by atoms with Crippen LogP contribution < -0.4 is 11.1 Å².